The number of aryl methyl sites for hydroxylation is 2. The summed E-state index contributed by atoms with van der Waals surface area (Å²) in [6.07, 6.45) is 1.66. The van der Waals surface area contributed by atoms with E-state index in [9.17, 15) is 22.8 Å². The number of aromatic nitrogens is 1. The molecular formula is C31H41F3N4O5S. The third kappa shape index (κ3) is 7.71. The SMILES string of the molecule is CCCCC1N(Cc2cscn2)C(=O)OC12CCN(C1CCN(C(=O)c3c(C)cccc3C)CC1)CC2.O=C(O)C(F)(F)F. The zero-order valence-corrected chi connectivity index (χ0v) is 26.3. The van der Waals surface area contributed by atoms with E-state index in [0.717, 1.165) is 93.5 Å². The third-order valence-electron chi connectivity index (χ3n) is 9.01. The minimum atomic E-state index is -5.08. The van der Waals surface area contributed by atoms with E-state index in [0.29, 0.717) is 12.6 Å². The van der Waals surface area contributed by atoms with Gasteiger partial charge in [0, 0.05) is 56.0 Å². The summed E-state index contributed by atoms with van der Waals surface area (Å²) in [5.41, 5.74) is 5.36. The number of unbranched alkanes of at least 4 members (excludes halogenated alkanes) is 1. The van der Waals surface area contributed by atoms with Crippen LogP contribution in [0.25, 0.3) is 0 Å². The summed E-state index contributed by atoms with van der Waals surface area (Å²) in [5.74, 6) is -2.59. The van der Waals surface area contributed by atoms with Gasteiger partial charge < -0.3 is 14.7 Å². The standard InChI is InChI=1S/C29H40N4O3S.C2HF3O2/c1-4-5-9-25-29(36-28(35)33(25)18-23-19-37-20-30-23)12-16-31(17-13-29)24-10-14-32(15-11-24)27(34)26-21(2)7-6-8-22(26)3;3-2(4,5)1(6)7/h6-8,19-20,24-25H,4-5,9-18H2,1-3H3;(H,6,7). The van der Waals surface area contributed by atoms with Crippen molar-refractivity contribution >= 4 is 29.3 Å². The molecule has 2 amide bonds. The number of hydrogen-bond acceptors (Lipinski definition) is 7. The molecule has 1 spiro atoms. The number of benzene rings is 1. The Bertz CT molecular complexity index is 1270. The summed E-state index contributed by atoms with van der Waals surface area (Å²) in [5, 5.41) is 9.15. The van der Waals surface area contributed by atoms with Crippen LogP contribution >= 0.6 is 11.3 Å². The molecule has 9 nitrogen and oxygen atoms in total. The molecule has 1 N–H and O–H groups in total. The lowest BCUT2D eigenvalue weighted by Gasteiger charge is -2.46. The number of halogens is 3. The summed E-state index contributed by atoms with van der Waals surface area (Å²) in [6, 6.07) is 6.66. The zero-order chi connectivity index (χ0) is 32.1. The Labute approximate surface area is 260 Å². The van der Waals surface area contributed by atoms with Crippen molar-refractivity contribution in [2.45, 2.75) is 96.1 Å². The highest BCUT2D eigenvalue weighted by atomic mass is 32.1. The first kappa shape index (κ1) is 33.7. The summed E-state index contributed by atoms with van der Waals surface area (Å²) in [7, 11) is 0. The predicted molar refractivity (Wildman–Crippen MR) is 160 cm³/mol. The van der Waals surface area contributed by atoms with Crippen LogP contribution < -0.4 is 0 Å². The Morgan fingerprint density at radius 2 is 1.73 bits per heavy atom. The van der Waals surface area contributed by atoms with E-state index in [1.54, 1.807) is 11.3 Å². The molecule has 1 atom stereocenters. The molecule has 1 aromatic heterocycles. The number of carbonyl (C=O) groups is 3. The van der Waals surface area contributed by atoms with Gasteiger partial charge in [-0.1, -0.05) is 38.0 Å². The molecule has 5 rings (SSSR count). The largest absolute Gasteiger partial charge is 0.490 e. The van der Waals surface area contributed by atoms with E-state index in [1.165, 1.54) is 0 Å². The van der Waals surface area contributed by atoms with Gasteiger partial charge in [-0.15, -0.1) is 11.3 Å². The summed E-state index contributed by atoms with van der Waals surface area (Å²) in [6.45, 7) is 10.3. The molecule has 242 valence electrons. The molecule has 13 heteroatoms. The molecule has 3 aliphatic heterocycles. The maximum Gasteiger partial charge on any atom is 0.490 e. The summed E-state index contributed by atoms with van der Waals surface area (Å²) in [4.78, 5) is 46.1. The van der Waals surface area contributed by atoms with Gasteiger partial charge in [-0.2, -0.15) is 13.2 Å². The Morgan fingerprint density at radius 1 is 1.11 bits per heavy atom. The van der Waals surface area contributed by atoms with Crippen molar-refractivity contribution in [3.8, 4) is 0 Å². The van der Waals surface area contributed by atoms with Crippen LogP contribution in [0.3, 0.4) is 0 Å². The molecule has 1 unspecified atom stereocenters. The number of carboxylic acids is 1. The summed E-state index contributed by atoms with van der Waals surface area (Å²) >= 11 is 1.57. The van der Waals surface area contributed by atoms with Gasteiger partial charge in [-0.05, 0) is 44.2 Å². The quantitative estimate of drug-likeness (QED) is 0.394. The zero-order valence-electron chi connectivity index (χ0n) is 25.4. The van der Waals surface area contributed by atoms with Gasteiger partial charge in [0.15, 0.2) is 0 Å². The first-order valence-electron chi connectivity index (χ1n) is 15.1. The van der Waals surface area contributed by atoms with E-state index < -0.39 is 17.7 Å². The number of nitrogens with zero attached hydrogens (tertiary/aromatic N) is 4. The first-order chi connectivity index (χ1) is 20.9. The minimum Gasteiger partial charge on any atom is -0.475 e. The second-order valence-corrected chi connectivity index (χ2v) is 12.5. The van der Waals surface area contributed by atoms with Crippen LogP contribution in [0.1, 0.15) is 79.0 Å². The molecule has 0 bridgehead atoms. The number of likely N-dealkylation sites (tertiary alicyclic amines) is 2. The second kappa shape index (κ2) is 14.3. The minimum absolute atomic E-state index is 0.112. The van der Waals surface area contributed by atoms with Crippen molar-refractivity contribution in [3.05, 3.63) is 51.5 Å². The lowest BCUT2D eigenvalue weighted by Crippen LogP contribution is -2.56. The Kier molecular flexibility index (Phi) is 10.9. The highest BCUT2D eigenvalue weighted by molar-refractivity contribution is 7.07. The number of amides is 2. The van der Waals surface area contributed by atoms with Crippen LogP contribution in [-0.4, -0.2) is 92.8 Å². The number of ether oxygens (including phenoxy) is 1. The monoisotopic (exact) mass is 638 g/mol. The molecule has 3 saturated heterocycles. The fourth-order valence-electron chi connectivity index (χ4n) is 6.64. The number of carboxylic acid groups (broad SMARTS) is 1. The van der Waals surface area contributed by atoms with Crippen molar-refractivity contribution in [1.29, 1.82) is 0 Å². The van der Waals surface area contributed by atoms with Gasteiger partial charge in [-0.25, -0.2) is 14.6 Å². The molecule has 1 aromatic carbocycles. The molecule has 0 aliphatic carbocycles. The van der Waals surface area contributed by atoms with Gasteiger partial charge in [0.05, 0.1) is 23.8 Å². The van der Waals surface area contributed by atoms with E-state index in [1.807, 2.05) is 52.7 Å². The molecule has 0 radical (unpaired) electrons. The van der Waals surface area contributed by atoms with Crippen molar-refractivity contribution in [3.63, 3.8) is 0 Å². The normalized spacial score (nSPS) is 20.8. The van der Waals surface area contributed by atoms with Crippen LogP contribution in [-0.2, 0) is 16.1 Å². The maximum atomic E-state index is 13.2. The molecule has 3 fully saturated rings. The number of carbonyl (C=O) groups excluding carboxylic acids is 2. The van der Waals surface area contributed by atoms with Gasteiger partial charge in [-0.3, -0.25) is 14.6 Å². The highest BCUT2D eigenvalue weighted by Gasteiger charge is 2.55. The average Bonchev–Trinajstić information content (AvgIpc) is 3.58. The Morgan fingerprint density at radius 3 is 2.25 bits per heavy atom. The topological polar surface area (TPSA) is 103 Å². The van der Waals surface area contributed by atoms with E-state index in [2.05, 4.69) is 16.8 Å². The Hall–Kier alpha value is -3.19. The maximum absolute atomic E-state index is 13.2. The van der Waals surface area contributed by atoms with E-state index in [-0.39, 0.29) is 18.0 Å². The highest BCUT2D eigenvalue weighted by Crippen LogP contribution is 2.42. The number of aliphatic carboxylic acids is 1. The van der Waals surface area contributed by atoms with E-state index >= 15 is 0 Å². The third-order valence-corrected chi connectivity index (χ3v) is 9.64. The van der Waals surface area contributed by atoms with Crippen LogP contribution in [0.4, 0.5) is 18.0 Å². The molecule has 44 heavy (non-hydrogen) atoms. The fourth-order valence-corrected chi connectivity index (χ4v) is 7.19. The summed E-state index contributed by atoms with van der Waals surface area (Å²) < 4.78 is 37.9. The van der Waals surface area contributed by atoms with Gasteiger partial charge >= 0.3 is 18.2 Å². The van der Waals surface area contributed by atoms with Gasteiger partial charge in [0.1, 0.15) is 5.60 Å². The van der Waals surface area contributed by atoms with Crippen LogP contribution in [0, 0.1) is 13.8 Å². The second-order valence-electron chi connectivity index (χ2n) is 11.8. The van der Waals surface area contributed by atoms with Crippen LogP contribution in [0.15, 0.2) is 29.1 Å². The number of alkyl halides is 3. The molecular weight excluding hydrogens is 597 g/mol. The van der Waals surface area contributed by atoms with Gasteiger partial charge in [0.2, 0.25) is 0 Å². The molecule has 3 aliphatic rings. The number of rotatable bonds is 7. The van der Waals surface area contributed by atoms with Gasteiger partial charge in [0.25, 0.3) is 5.91 Å². The van der Waals surface area contributed by atoms with Crippen molar-refractivity contribution < 1.29 is 37.4 Å². The number of thiazole rings is 1. The first-order valence-corrected chi connectivity index (χ1v) is 16.1. The lowest BCUT2D eigenvalue weighted by molar-refractivity contribution is -0.192. The van der Waals surface area contributed by atoms with Crippen LogP contribution in [0.5, 0.6) is 0 Å². The van der Waals surface area contributed by atoms with Crippen molar-refractivity contribution in [2.75, 3.05) is 26.2 Å². The molecule has 0 saturated carbocycles. The molecule has 4 heterocycles. The smallest absolute Gasteiger partial charge is 0.475 e. The van der Waals surface area contributed by atoms with Crippen molar-refractivity contribution in [1.82, 2.24) is 19.7 Å². The van der Waals surface area contributed by atoms with Crippen molar-refractivity contribution in [2.24, 2.45) is 0 Å². The average molecular weight is 639 g/mol. The number of piperidine rings is 2. The van der Waals surface area contributed by atoms with Crippen LogP contribution in [0.2, 0.25) is 0 Å². The number of hydrogen-bond donors (Lipinski definition) is 1. The molecule has 2 aromatic rings. The Balaban J connectivity index is 0.000000566. The van der Waals surface area contributed by atoms with E-state index in [4.69, 9.17) is 14.6 Å². The lowest BCUT2D eigenvalue weighted by atomic mass is 9.81. The predicted octanol–water partition coefficient (Wildman–Crippen LogP) is 6.04. The fraction of sp³-hybridized carbons (Fsp3) is 0.613.